The van der Waals surface area contributed by atoms with Crippen molar-refractivity contribution in [2.75, 3.05) is 43.0 Å². The number of alkyl halides is 2. The summed E-state index contributed by atoms with van der Waals surface area (Å²) in [5.74, 6) is 0.987. The fraction of sp³-hybridized carbons (Fsp3) is 0.348. The predicted octanol–water partition coefficient (Wildman–Crippen LogP) is 4.51. The second kappa shape index (κ2) is 13.2. The number of ether oxygens (including phenoxy) is 1. The zero-order valence-electron chi connectivity index (χ0n) is 19.7. The highest BCUT2D eigenvalue weighted by Crippen LogP contribution is 2.42. The number of thiophene rings is 1. The number of anilines is 1. The molecule has 0 fully saturated rings. The van der Waals surface area contributed by atoms with Crippen molar-refractivity contribution in [1.82, 2.24) is 4.98 Å². The first-order chi connectivity index (χ1) is 17.7. The molecule has 0 saturated carbocycles. The third kappa shape index (κ3) is 7.23. The molecule has 0 bridgehead atoms. The normalized spacial score (nSPS) is 12.2. The van der Waals surface area contributed by atoms with Crippen molar-refractivity contribution in [3.8, 4) is 11.6 Å². The molecular formula is C23H25Cl2N3O7S2. The van der Waals surface area contributed by atoms with Crippen molar-refractivity contribution in [3.63, 3.8) is 0 Å². The quantitative estimate of drug-likeness (QED) is 0.125. The van der Waals surface area contributed by atoms with E-state index in [-0.39, 0.29) is 41.0 Å². The minimum absolute atomic E-state index is 0.00727. The van der Waals surface area contributed by atoms with Crippen LogP contribution in [-0.4, -0.2) is 61.5 Å². The number of aliphatic hydroxyl groups is 1. The van der Waals surface area contributed by atoms with Gasteiger partial charge in [-0.2, -0.15) is 8.42 Å². The molecule has 1 atom stereocenters. The number of nitro groups is 1. The Labute approximate surface area is 228 Å². The lowest BCUT2D eigenvalue weighted by molar-refractivity contribution is -0.380. The van der Waals surface area contributed by atoms with Crippen LogP contribution in [0.5, 0.6) is 11.6 Å². The van der Waals surface area contributed by atoms with Gasteiger partial charge in [0.05, 0.1) is 17.1 Å². The molecule has 0 aliphatic carbocycles. The third-order valence-corrected chi connectivity index (χ3v) is 8.16. The van der Waals surface area contributed by atoms with Crippen LogP contribution < -0.4 is 13.8 Å². The van der Waals surface area contributed by atoms with E-state index in [1.807, 2.05) is 4.90 Å². The molecule has 1 unspecified atom stereocenters. The monoisotopic (exact) mass is 589 g/mol. The van der Waals surface area contributed by atoms with Gasteiger partial charge in [-0.3, -0.25) is 10.1 Å². The van der Waals surface area contributed by atoms with Crippen LogP contribution in [0, 0.1) is 17.0 Å². The van der Waals surface area contributed by atoms with E-state index in [2.05, 4.69) is 4.98 Å². The summed E-state index contributed by atoms with van der Waals surface area (Å²) in [7, 11) is -4.49. The Morgan fingerprint density at radius 3 is 2.38 bits per heavy atom. The van der Waals surface area contributed by atoms with Crippen LogP contribution in [0.15, 0.2) is 48.0 Å². The Balaban J connectivity index is 2.00. The van der Waals surface area contributed by atoms with Crippen LogP contribution in [0.1, 0.15) is 21.9 Å². The number of halogens is 2. The van der Waals surface area contributed by atoms with Crippen molar-refractivity contribution in [2.45, 2.75) is 12.2 Å². The number of benzene rings is 1. The van der Waals surface area contributed by atoms with Gasteiger partial charge in [0.15, 0.2) is 5.25 Å². The molecule has 10 nitrogen and oxygen atoms in total. The largest absolute Gasteiger partial charge is 0.475 e. The highest BCUT2D eigenvalue weighted by molar-refractivity contribution is 7.87. The molecule has 37 heavy (non-hydrogen) atoms. The average molecular weight is 591 g/mol. The minimum Gasteiger partial charge on any atom is -0.475 e. The summed E-state index contributed by atoms with van der Waals surface area (Å²) >= 11 is 12.6. The summed E-state index contributed by atoms with van der Waals surface area (Å²) in [6, 6.07) is 9.25. The van der Waals surface area contributed by atoms with Crippen LogP contribution in [0.2, 0.25) is 0 Å². The smallest absolute Gasteiger partial charge is 0.329 e. The van der Waals surface area contributed by atoms with Crippen LogP contribution in [-0.2, 0) is 10.1 Å². The molecule has 2 aromatic heterocycles. The summed E-state index contributed by atoms with van der Waals surface area (Å²) in [6.07, 6.45) is 1.26. The van der Waals surface area contributed by atoms with Crippen LogP contribution in [0.3, 0.4) is 0 Å². The SMILES string of the molecule is Cc1csc([N+](=O)[O-])c1C(c1ccc(OCCO)nc1)S(=O)(=O)Oc1ccc(N(CCCl)CCCl)cc1. The molecule has 0 amide bonds. The summed E-state index contributed by atoms with van der Waals surface area (Å²) in [5.41, 5.74) is 1.39. The summed E-state index contributed by atoms with van der Waals surface area (Å²) in [6.45, 7) is 2.50. The second-order valence-electron chi connectivity index (χ2n) is 7.71. The van der Waals surface area contributed by atoms with Crippen molar-refractivity contribution in [3.05, 3.63) is 74.8 Å². The lowest BCUT2D eigenvalue weighted by Gasteiger charge is -2.23. The number of hydrogen-bond donors (Lipinski definition) is 1. The van der Waals surface area contributed by atoms with Crippen molar-refractivity contribution in [1.29, 1.82) is 0 Å². The number of aliphatic hydroxyl groups excluding tert-OH is 1. The molecule has 200 valence electrons. The zero-order chi connectivity index (χ0) is 27.0. The van der Waals surface area contributed by atoms with Gasteiger partial charge in [0, 0.05) is 48.2 Å². The van der Waals surface area contributed by atoms with E-state index in [0.29, 0.717) is 30.4 Å². The molecule has 2 heterocycles. The lowest BCUT2D eigenvalue weighted by atomic mass is 10.0. The van der Waals surface area contributed by atoms with E-state index in [0.717, 1.165) is 17.0 Å². The number of pyridine rings is 1. The number of hydrogen-bond acceptors (Lipinski definition) is 10. The second-order valence-corrected chi connectivity index (χ2v) is 10.9. The van der Waals surface area contributed by atoms with E-state index in [1.165, 1.54) is 35.8 Å². The maximum absolute atomic E-state index is 13.6. The predicted molar refractivity (Wildman–Crippen MR) is 144 cm³/mol. The highest BCUT2D eigenvalue weighted by Gasteiger charge is 2.39. The van der Waals surface area contributed by atoms with Gasteiger partial charge in [-0.15, -0.1) is 23.2 Å². The maximum atomic E-state index is 13.6. The third-order valence-electron chi connectivity index (χ3n) is 5.25. The molecular weight excluding hydrogens is 565 g/mol. The van der Waals surface area contributed by atoms with Crippen LogP contribution >= 0.6 is 34.5 Å². The number of nitrogens with zero attached hydrogens (tertiary/aromatic N) is 3. The summed E-state index contributed by atoms with van der Waals surface area (Å²) in [4.78, 5) is 17.2. The van der Waals surface area contributed by atoms with Crippen LogP contribution in [0.4, 0.5) is 10.7 Å². The maximum Gasteiger partial charge on any atom is 0.329 e. The van der Waals surface area contributed by atoms with Gasteiger partial charge in [-0.25, -0.2) is 4.98 Å². The first-order valence-corrected chi connectivity index (χ1v) is 14.5. The minimum atomic E-state index is -4.49. The van der Waals surface area contributed by atoms with Gasteiger partial charge in [-0.05, 0) is 42.3 Å². The Kier molecular flexibility index (Phi) is 10.4. The first-order valence-electron chi connectivity index (χ1n) is 11.0. The average Bonchev–Trinajstić information content (AvgIpc) is 3.24. The highest BCUT2D eigenvalue weighted by atomic mass is 35.5. The van der Waals surface area contributed by atoms with Gasteiger partial charge in [-0.1, -0.05) is 17.4 Å². The molecule has 0 saturated heterocycles. The van der Waals surface area contributed by atoms with E-state index in [4.69, 9.17) is 37.2 Å². The Morgan fingerprint density at radius 1 is 1.16 bits per heavy atom. The van der Waals surface area contributed by atoms with Crippen LogP contribution in [0.25, 0.3) is 0 Å². The van der Waals surface area contributed by atoms with Crippen molar-refractivity contribution >= 4 is 55.3 Å². The molecule has 0 aliphatic heterocycles. The molecule has 0 aliphatic rings. The fourth-order valence-corrected chi connectivity index (χ4v) is 6.55. The Bertz CT molecular complexity index is 1280. The number of aromatic nitrogens is 1. The Hall–Kier alpha value is -2.64. The molecule has 0 spiro atoms. The van der Waals surface area contributed by atoms with Gasteiger partial charge >= 0.3 is 15.1 Å². The van der Waals surface area contributed by atoms with E-state index >= 15 is 0 Å². The van der Waals surface area contributed by atoms with Crippen molar-refractivity contribution < 1.29 is 27.4 Å². The topological polar surface area (TPSA) is 132 Å². The lowest BCUT2D eigenvalue weighted by Crippen LogP contribution is -2.27. The van der Waals surface area contributed by atoms with Gasteiger partial charge in [0.1, 0.15) is 12.4 Å². The molecule has 0 radical (unpaired) electrons. The standard InChI is InChI=1S/C23H25Cl2N3O7S2/c1-16-15-36-23(28(30)31)21(16)22(17-2-7-20(26-14-17)34-13-12-29)37(32,33)35-19-5-3-18(4-6-19)27(10-8-24)11-9-25/h2-7,14-15,22,29H,8-13H2,1H3. The van der Waals surface area contributed by atoms with Crippen molar-refractivity contribution in [2.24, 2.45) is 0 Å². The zero-order valence-corrected chi connectivity index (χ0v) is 22.9. The van der Waals surface area contributed by atoms with Gasteiger partial charge < -0.3 is 18.9 Å². The molecule has 1 aromatic carbocycles. The summed E-state index contributed by atoms with van der Waals surface area (Å²) < 4.78 is 38.0. The van der Waals surface area contributed by atoms with E-state index in [1.54, 1.807) is 19.1 Å². The fourth-order valence-electron chi connectivity index (χ4n) is 3.63. The van der Waals surface area contributed by atoms with E-state index in [9.17, 15) is 18.5 Å². The molecule has 3 aromatic rings. The summed E-state index contributed by atoms with van der Waals surface area (Å²) in [5, 5.41) is 20.4. The van der Waals surface area contributed by atoms with Gasteiger partial charge in [0.2, 0.25) is 5.88 Å². The molecule has 1 N–H and O–H groups in total. The first kappa shape index (κ1) is 28.9. The number of rotatable bonds is 14. The molecule has 14 heteroatoms. The van der Waals surface area contributed by atoms with Gasteiger partial charge in [0.25, 0.3) is 0 Å². The Morgan fingerprint density at radius 2 is 1.84 bits per heavy atom. The molecule has 3 rings (SSSR count). The number of aryl methyl sites for hydroxylation is 1. The van der Waals surface area contributed by atoms with E-state index < -0.39 is 20.3 Å².